The molecule has 1 aromatic heterocycles. The van der Waals surface area contributed by atoms with E-state index in [0.717, 1.165) is 26.8 Å². The van der Waals surface area contributed by atoms with Gasteiger partial charge in [0.05, 0.1) is 0 Å². The van der Waals surface area contributed by atoms with E-state index in [4.69, 9.17) is 5.11 Å². The molecule has 0 radical (unpaired) electrons. The van der Waals surface area contributed by atoms with Gasteiger partial charge in [-0.15, -0.1) is 11.3 Å². The van der Waals surface area contributed by atoms with Gasteiger partial charge in [-0.25, -0.2) is 8.42 Å². The molecule has 0 fully saturated rings. The van der Waals surface area contributed by atoms with Crippen LogP contribution in [-0.2, 0) is 32.6 Å². The molecule has 132 valence electrons. The lowest BCUT2D eigenvalue weighted by Gasteiger charge is -2.34. The zero-order chi connectivity index (χ0) is 18.0. The van der Waals surface area contributed by atoms with Gasteiger partial charge in [-0.2, -0.15) is 4.31 Å². The lowest BCUT2D eigenvalue weighted by atomic mass is 9.95. The van der Waals surface area contributed by atoms with Crippen LogP contribution in [0.3, 0.4) is 0 Å². The number of carboxylic acid groups (broad SMARTS) is 1. The van der Waals surface area contributed by atoms with E-state index in [1.165, 1.54) is 6.07 Å². The Labute approximate surface area is 149 Å². The molecule has 1 aromatic carbocycles. The van der Waals surface area contributed by atoms with Crippen molar-refractivity contribution in [1.29, 1.82) is 0 Å². The Kier molecular flexibility index (Phi) is 4.89. The molecule has 1 unspecified atom stereocenters. The summed E-state index contributed by atoms with van der Waals surface area (Å²) in [4.78, 5) is 23.2. The number of hydrogen-bond acceptors (Lipinski definition) is 5. The molecule has 7 nitrogen and oxygen atoms in total. The average Bonchev–Trinajstić information content (AvgIpc) is 3.14. The summed E-state index contributed by atoms with van der Waals surface area (Å²) in [6, 6.07) is 9.47. The summed E-state index contributed by atoms with van der Waals surface area (Å²) >= 11 is 1.08. The smallest absolute Gasteiger partial charge is 0.322 e. The number of sulfonamides is 1. The summed E-state index contributed by atoms with van der Waals surface area (Å²) in [5, 5.41) is 12.7. The minimum atomic E-state index is -3.85. The number of nitrogens with zero attached hydrogens (tertiary/aromatic N) is 1. The normalized spacial score (nSPS) is 17.7. The highest BCUT2D eigenvalue weighted by molar-refractivity contribution is 7.91. The van der Waals surface area contributed by atoms with Crippen LogP contribution < -0.4 is 5.32 Å². The maximum atomic E-state index is 13.0. The van der Waals surface area contributed by atoms with Crippen molar-refractivity contribution in [2.24, 2.45) is 0 Å². The van der Waals surface area contributed by atoms with Crippen LogP contribution in [0.15, 0.2) is 46.0 Å². The summed E-state index contributed by atoms with van der Waals surface area (Å²) in [7, 11) is -3.85. The monoisotopic (exact) mass is 380 g/mol. The predicted octanol–water partition coefficient (Wildman–Crippen LogP) is 1.06. The highest BCUT2D eigenvalue weighted by Gasteiger charge is 2.39. The Bertz CT molecular complexity index is 893. The minimum absolute atomic E-state index is 0.0710. The molecule has 0 spiro atoms. The van der Waals surface area contributed by atoms with Crippen LogP contribution >= 0.6 is 11.3 Å². The number of benzene rings is 1. The number of carbonyl (C=O) groups is 2. The van der Waals surface area contributed by atoms with Crippen molar-refractivity contribution in [2.75, 3.05) is 6.54 Å². The van der Waals surface area contributed by atoms with E-state index >= 15 is 0 Å². The third-order valence-electron chi connectivity index (χ3n) is 3.98. The first-order chi connectivity index (χ1) is 11.9. The number of amides is 1. The summed E-state index contributed by atoms with van der Waals surface area (Å²) in [5.41, 5.74) is 1.72. The molecule has 2 heterocycles. The fourth-order valence-corrected chi connectivity index (χ4v) is 5.47. The Hall–Kier alpha value is -2.23. The van der Waals surface area contributed by atoms with E-state index in [9.17, 15) is 18.0 Å². The van der Waals surface area contributed by atoms with Crippen molar-refractivity contribution >= 4 is 33.2 Å². The minimum Gasteiger partial charge on any atom is -0.480 e. The number of fused-ring (bicyclic) bond motifs is 1. The van der Waals surface area contributed by atoms with Crippen LogP contribution in [0.1, 0.15) is 11.1 Å². The first-order valence-electron chi connectivity index (χ1n) is 7.51. The Morgan fingerprint density at radius 1 is 1.20 bits per heavy atom. The summed E-state index contributed by atoms with van der Waals surface area (Å²) < 4.78 is 27.2. The number of rotatable bonds is 5. The molecule has 1 amide bonds. The van der Waals surface area contributed by atoms with Crippen LogP contribution in [0.5, 0.6) is 0 Å². The number of carbonyl (C=O) groups excluding carboxylic acids is 1. The molecule has 0 bridgehead atoms. The SMILES string of the molecule is O=C(O)CNC(=O)C1Cc2ccccc2CN1S(=O)(=O)c1cccs1. The van der Waals surface area contributed by atoms with Gasteiger partial charge in [0.15, 0.2) is 0 Å². The van der Waals surface area contributed by atoms with E-state index in [1.54, 1.807) is 11.4 Å². The standard InChI is InChI=1S/C16H16N2O5S2/c19-14(20)9-17-16(21)13-8-11-4-1-2-5-12(11)10-18(13)25(22,23)15-6-3-7-24-15/h1-7,13H,8-10H2,(H,17,21)(H,19,20). The highest BCUT2D eigenvalue weighted by Crippen LogP contribution is 2.30. The zero-order valence-corrected chi connectivity index (χ0v) is 14.7. The molecule has 0 aliphatic carbocycles. The Morgan fingerprint density at radius 3 is 2.56 bits per heavy atom. The molecule has 0 saturated heterocycles. The van der Waals surface area contributed by atoms with Crippen LogP contribution in [-0.4, -0.2) is 42.3 Å². The van der Waals surface area contributed by atoms with Gasteiger partial charge in [0, 0.05) is 6.54 Å². The van der Waals surface area contributed by atoms with Crippen molar-refractivity contribution in [3.63, 3.8) is 0 Å². The van der Waals surface area contributed by atoms with Gasteiger partial charge < -0.3 is 10.4 Å². The molecule has 25 heavy (non-hydrogen) atoms. The summed E-state index contributed by atoms with van der Waals surface area (Å²) in [5.74, 6) is -1.80. The maximum absolute atomic E-state index is 13.0. The van der Waals surface area contributed by atoms with E-state index < -0.39 is 34.5 Å². The fourth-order valence-electron chi connectivity index (χ4n) is 2.78. The first kappa shape index (κ1) is 17.6. The van der Waals surface area contributed by atoms with Gasteiger partial charge in [-0.05, 0) is 29.0 Å². The summed E-state index contributed by atoms with van der Waals surface area (Å²) in [6.45, 7) is -0.481. The van der Waals surface area contributed by atoms with Crippen molar-refractivity contribution in [1.82, 2.24) is 9.62 Å². The van der Waals surface area contributed by atoms with Crippen LogP contribution in [0, 0.1) is 0 Å². The lowest BCUT2D eigenvalue weighted by molar-refractivity contribution is -0.138. The molecule has 1 atom stereocenters. The third-order valence-corrected chi connectivity index (χ3v) is 7.21. The number of carboxylic acids is 1. The van der Waals surface area contributed by atoms with E-state index in [1.807, 2.05) is 24.3 Å². The van der Waals surface area contributed by atoms with Gasteiger partial charge in [0.1, 0.15) is 16.8 Å². The summed E-state index contributed by atoms with van der Waals surface area (Å²) in [6.07, 6.45) is 0.201. The van der Waals surface area contributed by atoms with E-state index in [2.05, 4.69) is 5.32 Å². The lowest BCUT2D eigenvalue weighted by Crippen LogP contribution is -2.52. The Morgan fingerprint density at radius 2 is 1.92 bits per heavy atom. The fraction of sp³-hybridized carbons (Fsp3) is 0.250. The van der Waals surface area contributed by atoms with Crippen molar-refractivity contribution < 1.29 is 23.1 Å². The van der Waals surface area contributed by atoms with E-state index in [-0.39, 0.29) is 17.2 Å². The molecule has 2 aromatic rings. The van der Waals surface area contributed by atoms with E-state index in [0.29, 0.717) is 0 Å². The van der Waals surface area contributed by atoms with Gasteiger partial charge in [0.25, 0.3) is 10.0 Å². The highest BCUT2D eigenvalue weighted by atomic mass is 32.2. The molecule has 3 rings (SSSR count). The Balaban J connectivity index is 1.97. The largest absolute Gasteiger partial charge is 0.480 e. The maximum Gasteiger partial charge on any atom is 0.322 e. The predicted molar refractivity (Wildman–Crippen MR) is 91.6 cm³/mol. The topological polar surface area (TPSA) is 104 Å². The molecular formula is C16H16N2O5S2. The number of aliphatic carboxylic acids is 1. The second kappa shape index (κ2) is 6.95. The van der Waals surface area contributed by atoms with Crippen LogP contribution in [0.2, 0.25) is 0 Å². The average molecular weight is 380 g/mol. The number of thiophene rings is 1. The van der Waals surface area contributed by atoms with Gasteiger partial charge in [-0.3, -0.25) is 9.59 Å². The molecule has 1 aliphatic rings. The first-order valence-corrected chi connectivity index (χ1v) is 9.83. The van der Waals surface area contributed by atoms with Crippen molar-refractivity contribution in [3.8, 4) is 0 Å². The number of hydrogen-bond donors (Lipinski definition) is 2. The van der Waals surface area contributed by atoms with Crippen LogP contribution in [0.4, 0.5) is 0 Å². The molecule has 1 aliphatic heterocycles. The van der Waals surface area contributed by atoms with Crippen molar-refractivity contribution in [3.05, 3.63) is 52.9 Å². The van der Waals surface area contributed by atoms with Gasteiger partial charge in [0.2, 0.25) is 5.91 Å². The molecule has 2 N–H and O–H groups in total. The second-order valence-corrected chi connectivity index (χ2v) is 8.65. The van der Waals surface area contributed by atoms with Crippen LogP contribution in [0.25, 0.3) is 0 Å². The van der Waals surface area contributed by atoms with Gasteiger partial charge >= 0.3 is 5.97 Å². The number of nitrogens with one attached hydrogen (secondary N) is 1. The molecule has 9 heteroatoms. The quantitative estimate of drug-likeness (QED) is 0.807. The zero-order valence-electron chi connectivity index (χ0n) is 13.1. The van der Waals surface area contributed by atoms with Crippen molar-refractivity contribution in [2.45, 2.75) is 23.2 Å². The molecule has 0 saturated carbocycles. The second-order valence-electron chi connectivity index (χ2n) is 5.58. The van der Waals surface area contributed by atoms with Gasteiger partial charge in [-0.1, -0.05) is 30.3 Å². The molecular weight excluding hydrogens is 364 g/mol. The third kappa shape index (κ3) is 3.58.